The molecule has 0 bridgehead atoms. The molecule has 7 nitrogen and oxygen atoms in total. The Bertz CT molecular complexity index is 826. The van der Waals surface area contributed by atoms with E-state index in [-0.39, 0.29) is 10.1 Å². The molecule has 0 aliphatic heterocycles. The fraction of sp³-hybridized carbons (Fsp3) is 0.429. The van der Waals surface area contributed by atoms with Crippen LogP contribution in [0.5, 0.6) is 0 Å². The molecule has 24 heavy (non-hydrogen) atoms. The molecule has 0 saturated heterocycles. The molecule has 0 spiro atoms. The molecule has 0 radical (unpaired) electrons. The second-order valence-corrected chi connectivity index (χ2v) is 9.41. The standard InChI is InChI=1S/C14H19N3O4S3/c1-9-13(23-14(15-9)16-10(2)18)11-5-6-12(22-11)24(19,20)17(3)7-8-21-4/h5-6H,7-8H2,1-4H3,(H,15,16,18). The summed E-state index contributed by atoms with van der Waals surface area (Å²) >= 11 is 2.51. The molecule has 0 atom stereocenters. The number of methoxy groups -OCH3 is 1. The molecule has 0 aromatic carbocycles. The number of amides is 1. The van der Waals surface area contributed by atoms with Crippen LogP contribution >= 0.6 is 22.7 Å². The van der Waals surface area contributed by atoms with Gasteiger partial charge in [0, 0.05) is 32.5 Å². The zero-order valence-corrected chi connectivity index (χ0v) is 16.3. The maximum absolute atomic E-state index is 12.5. The van der Waals surface area contributed by atoms with Crippen molar-refractivity contribution in [2.24, 2.45) is 0 Å². The Morgan fingerprint density at radius 3 is 2.71 bits per heavy atom. The zero-order chi connectivity index (χ0) is 17.9. The van der Waals surface area contributed by atoms with Gasteiger partial charge in [-0.25, -0.2) is 13.4 Å². The molecule has 132 valence electrons. The summed E-state index contributed by atoms with van der Waals surface area (Å²) in [7, 11) is -0.478. The molecular formula is C14H19N3O4S3. The van der Waals surface area contributed by atoms with Crippen molar-refractivity contribution in [3.63, 3.8) is 0 Å². The first-order chi connectivity index (χ1) is 11.3. The van der Waals surface area contributed by atoms with Crippen molar-refractivity contribution in [3.05, 3.63) is 17.8 Å². The van der Waals surface area contributed by atoms with Gasteiger partial charge in [-0.2, -0.15) is 4.31 Å². The van der Waals surface area contributed by atoms with Gasteiger partial charge >= 0.3 is 0 Å². The van der Waals surface area contributed by atoms with Gasteiger partial charge < -0.3 is 10.1 Å². The lowest BCUT2D eigenvalue weighted by atomic mass is 10.3. The first kappa shape index (κ1) is 19.0. The summed E-state index contributed by atoms with van der Waals surface area (Å²) in [5.41, 5.74) is 0.752. The van der Waals surface area contributed by atoms with Gasteiger partial charge in [-0.05, 0) is 19.1 Å². The van der Waals surface area contributed by atoms with Gasteiger partial charge in [0.05, 0.1) is 17.2 Å². The lowest BCUT2D eigenvalue weighted by Crippen LogP contribution is -2.29. The molecule has 0 aliphatic carbocycles. The number of hydrogen-bond donors (Lipinski definition) is 1. The van der Waals surface area contributed by atoms with Crippen molar-refractivity contribution in [1.82, 2.24) is 9.29 Å². The molecule has 0 saturated carbocycles. The van der Waals surface area contributed by atoms with Crippen LogP contribution in [0.3, 0.4) is 0 Å². The van der Waals surface area contributed by atoms with Crippen LogP contribution in [0.4, 0.5) is 5.13 Å². The summed E-state index contributed by atoms with van der Waals surface area (Å²) in [5, 5.41) is 3.15. The number of carbonyl (C=O) groups excluding carboxylic acids is 1. The van der Waals surface area contributed by atoms with Crippen molar-refractivity contribution in [2.45, 2.75) is 18.1 Å². The van der Waals surface area contributed by atoms with Crippen molar-refractivity contribution < 1.29 is 17.9 Å². The normalized spacial score (nSPS) is 11.9. The maximum Gasteiger partial charge on any atom is 0.252 e. The second-order valence-electron chi connectivity index (χ2n) is 5.05. The predicted octanol–water partition coefficient (Wildman–Crippen LogP) is 2.41. The lowest BCUT2D eigenvalue weighted by molar-refractivity contribution is -0.114. The van der Waals surface area contributed by atoms with E-state index in [4.69, 9.17) is 4.74 Å². The first-order valence-electron chi connectivity index (χ1n) is 7.06. The van der Waals surface area contributed by atoms with E-state index < -0.39 is 10.0 Å². The molecule has 0 aliphatic rings. The number of aromatic nitrogens is 1. The summed E-state index contributed by atoms with van der Waals surface area (Å²) in [6, 6.07) is 3.36. The fourth-order valence-electron chi connectivity index (χ4n) is 1.90. The largest absolute Gasteiger partial charge is 0.383 e. The number of sulfonamides is 1. The van der Waals surface area contributed by atoms with Gasteiger partial charge in [0.25, 0.3) is 10.0 Å². The Labute approximate surface area is 149 Å². The summed E-state index contributed by atoms with van der Waals surface area (Å²) in [6.07, 6.45) is 0. The van der Waals surface area contributed by atoms with Crippen LogP contribution in [-0.4, -0.2) is 50.9 Å². The van der Waals surface area contributed by atoms with Crippen LogP contribution in [0.2, 0.25) is 0 Å². The predicted molar refractivity (Wildman–Crippen MR) is 96.2 cm³/mol. The SMILES string of the molecule is COCCN(C)S(=O)(=O)c1ccc(-c2sc(NC(C)=O)nc2C)s1. The van der Waals surface area contributed by atoms with Gasteiger partial charge in [-0.3, -0.25) is 4.79 Å². The molecule has 0 fully saturated rings. The van der Waals surface area contributed by atoms with E-state index in [9.17, 15) is 13.2 Å². The molecule has 2 rings (SSSR count). The minimum atomic E-state index is -3.54. The molecule has 10 heteroatoms. The van der Waals surface area contributed by atoms with Crippen LogP contribution in [0.15, 0.2) is 16.3 Å². The molecule has 2 heterocycles. The number of nitrogens with one attached hydrogen (secondary N) is 1. The number of rotatable bonds is 7. The Kier molecular flexibility index (Phi) is 6.10. The van der Waals surface area contributed by atoms with Crippen LogP contribution in [-0.2, 0) is 19.6 Å². The van der Waals surface area contributed by atoms with Gasteiger partial charge in [0.1, 0.15) is 4.21 Å². The topological polar surface area (TPSA) is 88.6 Å². The highest BCUT2D eigenvalue weighted by Gasteiger charge is 2.23. The van der Waals surface area contributed by atoms with Gasteiger partial charge in [-0.1, -0.05) is 11.3 Å². The minimum Gasteiger partial charge on any atom is -0.383 e. The minimum absolute atomic E-state index is 0.190. The highest BCUT2D eigenvalue weighted by molar-refractivity contribution is 7.91. The number of thiazole rings is 1. The Morgan fingerprint density at radius 2 is 2.08 bits per heavy atom. The van der Waals surface area contributed by atoms with Crippen LogP contribution < -0.4 is 5.32 Å². The highest BCUT2D eigenvalue weighted by Crippen LogP contribution is 2.38. The summed E-state index contributed by atoms with van der Waals surface area (Å²) in [4.78, 5) is 17.1. The van der Waals surface area contributed by atoms with E-state index in [1.807, 2.05) is 6.92 Å². The molecule has 2 aromatic rings. The average molecular weight is 390 g/mol. The molecular weight excluding hydrogens is 370 g/mol. The van der Waals surface area contributed by atoms with Crippen molar-refractivity contribution in [3.8, 4) is 9.75 Å². The lowest BCUT2D eigenvalue weighted by Gasteiger charge is -2.15. The first-order valence-corrected chi connectivity index (χ1v) is 10.1. The van der Waals surface area contributed by atoms with Crippen molar-refractivity contribution in [1.29, 1.82) is 0 Å². The Hall–Kier alpha value is -1.33. The summed E-state index contributed by atoms with van der Waals surface area (Å²) < 4.78 is 31.5. The zero-order valence-electron chi connectivity index (χ0n) is 13.8. The van der Waals surface area contributed by atoms with E-state index in [1.165, 1.54) is 48.1 Å². The van der Waals surface area contributed by atoms with Crippen LogP contribution in [0.1, 0.15) is 12.6 Å². The molecule has 1 amide bonds. The average Bonchev–Trinajstić information content (AvgIpc) is 3.11. The summed E-state index contributed by atoms with van der Waals surface area (Å²) in [5.74, 6) is -0.190. The number of aryl methyl sites for hydroxylation is 1. The van der Waals surface area contributed by atoms with Crippen molar-refractivity contribution in [2.75, 3.05) is 32.6 Å². The fourth-order valence-corrected chi connectivity index (χ4v) is 5.75. The number of hydrogen-bond acceptors (Lipinski definition) is 7. The molecule has 2 aromatic heterocycles. The Morgan fingerprint density at radius 1 is 1.38 bits per heavy atom. The van der Waals surface area contributed by atoms with E-state index in [1.54, 1.807) is 12.1 Å². The third-order valence-corrected chi connectivity index (χ3v) is 7.82. The summed E-state index contributed by atoms with van der Waals surface area (Å²) in [6.45, 7) is 3.87. The Balaban J connectivity index is 2.27. The molecule has 0 unspecified atom stereocenters. The van der Waals surface area contributed by atoms with E-state index in [0.29, 0.717) is 18.3 Å². The van der Waals surface area contributed by atoms with Crippen LogP contribution in [0.25, 0.3) is 9.75 Å². The maximum atomic E-state index is 12.5. The van der Waals surface area contributed by atoms with E-state index in [2.05, 4.69) is 10.3 Å². The van der Waals surface area contributed by atoms with E-state index >= 15 is 0 Å². The van der Waals surface area contributed by atoms with Gasteiger partial charge in [-0.15, -0.1) is 11.3 Å². The number of nitrogens with zero attached hydrogens (tertiary/aromatic N) is 2. The monoisotopic (exact) mass is 389 g/mol. The third kappa shape index (κ3) is 4.19. The van der Waals surface area contributed by atoms with Gasteiger partial charge in [0.2, 0.25) is 5.91 Å². The van der Waals surface area contributed by atoms with Crippen LogP contribution in [0, 0.1) is 6.92 Å². The van der Waals surface area contributed by atoms with Gasteiger partial charge in [0.15, 0.2) is 5.13 Å². The van der Waals surface area contributed by atoms with Crippen molar-refractivity contribution >= 4 is 43.7 Å². The number of ether oxygens (including phenoxy) is 1. The number of thiophene rings is 1. The number of carbonyl (C=O) groups is 1. The quantitative estimate of drug-likeness (QED) is 0.785. The highest BCUT2D eigenvalue weighted by atomic mass is 32.2. The van der Waals surface area contributed by atoms with E-state index in [0.717, 1.165) is 15.4 Å². The number of anilines is 1. The second kappa shape index (κ2) is 7.70. The smallest absolute Gasteiger partial charge is 0.252 e. The number of likely N-dealkylation sites (N-methyl/N-ethyl adjacent to an activating group) is 1. The molecule has 1 N–H and O–H groups in total. The third-order valence-electron chi connectivity index (χ3n) is 3.16.